The van der Waals surface area contributed by atoms with Gasteiger partial charge in [0.05, 0.1) is 0 Å². The summed E-state index contributed by atoms with van der Waals surface area (Å²) in [4.78, 5) is 2.57. The standard InChI is InChI=1S/C15H22N2/c16-14-7-10-17(11-14)12-15(8-4-9-15)13-5-2-1-3-6-13/h1-3,5-6,14H,4,7-12,16H2. The Morgan fingerprint density at radius 3 is 2.53 bits per heavy atom. The predicted molar refractivity (Wildman–Crippen MR) is 71.0 cm³/mol. The monoisotopic (exact) mass is 230 g/mol. The van der Waals surface area contributed by atoms with Crippen LogP contribution in [-0.2, 0) is 5.41 Å². The van der Waals surface area contributed by atoms with Crippen LogP contribution in [-0.4, -0.2) is 30.6 Å². The molecule has 1 aliphatic carbocycles. The second kappa shape index (κ2) is 4.43. The highest BCUT2D eigenvalue weighted by molar-refractivity contribution is 5.28. The smallest absolute Gasteiger partial charge is 0.0180 e. The summed E-state index contributed by atoms with van der Waals surface area (Å²) in [5, 5.41) is 0. The molecule has 0 aromatic heterocycles. The molecule has 1 heterocycles. The van der Waals surface area contributed by atoms with E-state index in [-0.39, 0.29) is 0 Å². The lowest BCUT2D eigenvalue weighted by Crippen LogP contribution is -2.45. The average molecular weight is 230 g/mol. The van der Waals surface area contributed by atoms with Crippen LogP contribution in [0.2, 0.25) is 0 Å². The highest BCUT2D eigenvalue weighted by Gasteiger charge is 2.40. The predicted octanol–water partition coefficient (Wildman–Crippen LogP) is 2.14. The topological polar surface area (TPSA) is 29.3 Å². The van der Waals surface area contributed by atoms with Gasteiger partial charge in [0.2, 0.25) is 0 Å². The third-order valence-corrected chi connectivity index (χ3v) is 4.53. The molecule has 17 heavy (non-hydrogen) atoms. The van der Waals surface area contributed by atoms with Gasteiger partial charge >= 0.3 is 0 Å². The molecule has 0 bridgehead atoms. The van der Waals surface area contributed by atoms with Crippen molar-refractivity contribution in [2.75, 3.05) is 19.6 Å². The van der Waals surface area contributed by atoms with Crippen LogP contribution in [0.3, 0.4) is 0 Å². The average Bonchev–Trinajstić information content (AvgIpc) is 2.71. The Morgan fingerprint density at radius 1 is 1.24 bits per heavy atom. The van der Waals surface area contributed by atoms with E-state index < -0.39 is 0 Å². The Labute approximate surface area is 104 Å². The molecule has 92 valence electrons. The third-order valence-electron chi connectivity index (χ3n) is 4.53. The van der Waals surface area contributed by atoms with Gasteiger partial charge < -0.3 is 10.6 Å². The van der Waals surface area contributed by atoms with Crippen molar-refractivity contribution < 1.29 is 0 Å². The SMILES string of the molecule is NC1CCN(CC2(c3ccccc3)CCC2)C1. The first-order valence-electron chi connectivity index (χ1n) is 6.82. The van der Waals surface area contributed by atoms with Gasteiger partial charge in [-0.3, -0.25) is 0 Å². The molecule has 2 nitrogen and oxygen atoms in total. The highest BCUT2D eigenvalue weighted by Crippen LogP contribution is 2.44. The normalized spacial score (nSPS) is 27.9. The van der Waals surface area contributed by atoms with Crippen LogP contribution >= 0.6 is 0 Å². The molecule has 1 aromatic rings. The summed E-state index contributed by atoms with van der Waals surface area (Å²) in [5.41, 5.74) is 7.97. The number of hydrogen-bond acceptors (Lipinski definition) is 2. The van der Waals surface area contributed by atoms with Gasteiger partial charge in [-0.05, 0) is 31.4 Å². The third kappa shape index (κ3) is 2.12. The lowest BCUT2D eigenvalue weighted by Gasteiger charge is -2.45. The van der Waals surface area contributed by atoms with E-state index in [9.17, 15) is 0 Å². The number of likely N-dealkylation sites (tertiary alicyclic amines) is 1. The largest absolute Gasteiger partial charge is 0.326 e. The van der Waals surface area contributed by atoms with Gasteiger partial charge in [0.25, 0.3) is 0 Å². The molecule has 0 amide bonds. The van der Waals surface area contributed by atoms with Gasteiger partial charge in [0.1, 0.15) is 0 Å². The van der Waals surface area contributed by atoms with E-state index in [0.29, 0.717) is 11.5 Å². The Balaban J connectivity index is 1.74. The molecule has 1 saturated heterocycles. The molecule has 2 fully saturated rings. The second-order valence-electron chi connectivity index (χ2n) is 5.78. The summed E-state index contributed by atoms with van der Waals surface area (Å²) in [6, 6.07) is 11.5. The fourth-order valence-electron chi connectivity index (χ4n) is 3.37. The van der Waals surface area contributed by atoms with Crippen molar-refractivity contribution in [1.29, 1.82) is 0 Å². The van der Waals surface area contributed by atoms with Crippen molar-refractivity contribution in [2.24, 2.45) is 5.73 Å². The van der Waals surface area contributed by atoms with Crippen LogP contribution in [0.25, 0.3) is 0 Å². The summed E-state index contributed by atoms with van der Waals surface area (Å²) in [7, 11) is 0. The second-order valence-corrected chi connectivity index (χ2v) is 5.78. The van der Waals surface area contributed by atoms with Crippen molar-refractivity contribution in [3.63, 3.8) is 0 Å². The zero-order valence-corrected chi connectivity index (χ0v) is 10.4. The maximum atomic E-state index is 6.00. The van der Waals surface area contributed by atoms with Crippen LogP contribution in [0.15, 0.2) is 30.3 Å². The Bertz CT molecular complexity index is 370. The van der Waals surface area contributed by atoms with Crippen LogP contribution in [0.5, 0.6) is 0 Å². The Kier molecular flexibility index (Phi) is 2.93. The molecule has 1 unspecified atom stereocenters. The summed E-state index contributed by atoms with van der Waals surface area (Å²) >= 11 is 0. The summed E-state index contributed by atoms with van der Waals surface area (Å²) in [6.07, 6.45) is 5.26. The van der Waals surface area contributed by atoms with E-state index in [2.05, 4.69) is 35.2 Å². The molecule has 2 heteroatoms. The van der Waals surface area contributed by atoms with Gasteiger partial charge in [0, 0.05) is 24.5 Å². The van der Waals surface area contributed by atoms with Crippen molar-refractivity contribution in [1.82, 2.24) is 4.90 Å². The maximum absolute atomic E-state index is 6.00. The van der Waals surface area contributed by atoms with E-state index in [1.807, 2.05) is 0 Å². The van der Waals surface area contributed by atoms with Crippen LogP contribution in [0, 0.1) is 0 Å². The number of rotatable bonds is 3. The molecule has 1 saturated carbocycles. The minimum atomic E-state index is 0.405. The maximum Gasteiger partial charge on any atom is 0.0180 e. The zero-order valence-electron chi connectivity index (χ0n) is 10.4. The molecule has 2 aliphatic rings. The van der Waals surface area contributed by atoms with Crippen molar-refractivity contribution >= 4 is 0 Å². The fraction of sp³-hybridized carbons (Fsp3) is 0.600. The molecule has 1 atom stereocenters. The molecular weight excluding hydrogens is 208 g/mol. The lowest BCUT2D eigenvalue weighted by atomic mass is 9.64. The summed E-state index contributed by atoms with van der Waals surface area (Å²) in [6.45, 7) is 3.50. The van der Waals surface area contributed by atoms with E-state index in [1.54, 1.807) is 0 Å². The summed E-state index contributed by atoms with van der Waals surface area (Å²) in [5.74, 6) is 0. The van der Waals surface area contributed by atoms with E-state index in [1.165, 1.54) is 44.3 Å². The van der Waals surface area contributed by atoms with Crippen molar-refractivity contribution in [2.45, 2.75) is 37.1 Å². The lowest BCUT2D eigenvalue weighted by molar-refractivity contribution is 0.158. The Hall–Kier alpha value is -0.860. The van der Waals surface area contributed by atoms with Gasteiger partial charge in [-0.15, -0.1) is 0 Å². The zero-order chi connectivity index (χ0) is 11.7. The molecule has 3 rings (SSSR count). The van der Waals surface area contributed by atoms with Gasteiger partial charge in [0.15, 0.2) is 0 Å². The van der Waals surface area contributed by atoms with Gasteiger partial charge in [-0.25, -0.2) is 0 Å². The minimum Gasteiger partial charge on any atom is -0.326 e. The van der Waals surface area contributed by atoms with Crippen molar-refractivity contribution in [3.8, 4) is 0 Å². The summed E-state index contributed by atoms with van der Waals surface area (Å²) < 4.78 is 0. The van der Waals surface area contributed by atoms with Gasteiger partial charge in [-0.2, -0.15) is 0 Å². The molecule has 1 aromatic carbocycles. The quantitative estimate of drug-likeness (QED) is 0.862. The van der Waals surface area contributed by atoms with E-state index >= 15 is 0 Å². The molecule has 0 spiro atoms. The molecule has 0 radical (unpaired) electrons. The first-order chi connectivity index (χ1) is 8.28. The van der Waals surface area contributed by atoms with Crippen LogP contribution < -0.4 is 5.73 Å². The van der Waals surface area contributed by atoms with Crippen molar-refractivity contribution in [3.05, 3.63) is 35.9 Å². The van der Waals surface area contributed by atoms with Crippen LogP contribution in [0.4, 0.5) is 0 Å². The number of nitrogens with two attached hydrogens (primary N) is 1. The fourth-order valence-corrected chi connectivity index (χ4v) is 3.37. The van der Waals surface area contributed by atoms with E-state index in [0.717, 1.165) is 6.54 Å². The number of hydrogen-bond donors (Lipinski definition) is 1. The highest BCUT2D eigenvalue weighted by atomic mass is 15.2. The first-order valence-corrected chi connectivity index (χ1v) is 6.82. The number of benzene rings is 1. The van der Waals surface area contributed by atoms with Gasteiger partial charge in [-0.1, -0.05) is 36.8 Å². The first kappa shape index (κ1) is 11.2. The van der Waals surface area contributed by atoms with E-state index in [4.69, 9.17) is 5.73 Å². The Morgan fingerprint density at radius 2 is 2.00 bits per heavy atom. The molecular formula is C15H22N2. The minimum absolute atomic E-state index is 0.405. The van der Waals surface area contributed by atoms with Crippen LogP contribution in [0.1, 0.15) is 31.2 Å². The number of nitrogens with zero attached hydrogens (tertiary/aromatic N) is 1. The molecule has 2 N–H and O–H groups in total. The molecule has 1 aliphatic heterocycles.